The standard InChI is InChI=1S/C7H6N8/c8-6-5(7-9-3-10-14-7)13-12-4-1-2-11-15(4)6/h1-3H,8H2,(H,9,10,14). The Kier molecular flexibility index (Phi) is 1.43. The van der Waals surface area contributed by atoms with Gasteiger partial charge in [0, 0.05) is 6.07 Å². The number of anilines is 1. The summed E-state index contributed by atoms with van der Waals surface area (Å²) in [4.78, 5) is 3.95. The monoisotopic (exact) mass is 202 g/mol. The second-order valence-electron chi connectivity index (χ2n) is 2.87. The van der Waals surface area contributed by atoms with E-state index < -0.39 is 0 Å². The van der Waals surface area contributed by atoms with Crippen LogP contribution in [0.15, 0.2) is 18.6 Å². The summed E-state index contributed by atoms with van der Waals surface area (Å²) in [6.07, 6.45) is 2.98. The molecule has 0 bridgehead atoms. The number of H-pyrrole nitrogens is 1. The van der Waals surface area contributed by atoms with Gasteiger partial charge in [0.1, 0.15) is 6.33 Å². The molecule has 8 nitrogen and oxygen atoms in total. The number of fused-ring (bicyclic) bond motifs is 1. The van der Waals surface area contributed by atoms with Gasteiger partial charge < -0.3 is 5.73 Å². The highest BCUT2D eigenvalue weighted by Crippen LogP contribution is 2.17. The second kappa shape index (κ2) is 2.74. The van der Waals surface area contributed by atoms with Crippen molar-refractivity contribution in [1.29, 1.82) is 0 Å². The summed E-state index contributed by atoms with van der Waals surface area (Å²) in [5.41, 5.74) is 6.89. The summed E-state index contributed by atoms with van der Waals surface area (Å²) in [5, 5.41) is 18.3. The number of hydrogen-bond donors (Lipinski definition) is 2. The Balaban J connectivity index is 2.32. The van der Waals surface area contributed by atoms with Gasteiger partial charge >= 0.3 is 0 Å². The molecule has 0 radical (unpaired) electrons. The number of nitrogens with two attached hydrogens (primary N) is 1. The van der Waals surface area contributed by atoms with E-state index in [2.05, 4.69) is 30.5 Å². The predicted molar refractivity (Wildman–Crippen MR) is 50.6 cm³/mol. The number of nitrogens with one attached hydrogen (secondary N) is 1. The molecular formula is C7H6N8. The Hall–Kier alpha value is -2.51. The van der Waals surface area contributed by atoms with E-state index in [1.165, 1.54) is 10.8 Å². The van der Waals surface area contributed by atoms with Crippen molar-refractivity contribution in [2.75, 3.05) is 5.73 Å². The average Bonchev–Trinajstić information content (AvgIpc) is 2.87. The first kappa shape index (κ1) is 7.85. The zero-order chi connectivity index (χ0) is 10.3. The second-order valence-corrected chi connectivity index (χ2v) is 2.87. The van der Waals surface area contributed by atoms with Gasteiger partial charge in [-0.15, -0.1) is 10.2 Å². The lowest BCUT2D eigenvalue weighted by atomic mass is 10.4. The lowest BCUT2D eigenvalue weighted by Gasteiger charge is -2.01. The fraction of sp³-hybridized carbons (Fsp3) is 0. The van der Waals surface area contributed by atoms with Crippen LogP contribution >= 0.6 is 0 Å². The quantitative estimate of drug-likeness (QED) is 0.549. The first-order valence-electron chi connectivity index (χ1n) is 4.18. The van der Waals surface area contributed by atoms with Crippen molar-refractivity contribution in [3.63, 3.8) is 0 Å². The van der Waals surface area contributed by atoms with Crippen LogP contribution in [-0.4, -0.2) is 35.0 Å². The molecule has 3 rings (SSSR count). The first-order valence-corrected chi connectivity index (χ1v) is 4.18. The molecule has 3 aromatic rings. The minimum Gasteiger partial charge on any atom is -0.382 e. The van der Waals surface area contributed by atoms with Gasteiger partial charge in [0.2, 0.25) is 0 Å². The number of hydrogen-bond acceptors (Lipinski definition) is 6. The summed E-state index contributed by atoms with van der Waals surface area (Å²) >= 11 is 0. The van der Waals surface area contributed by atoms with E-state index in [0.717, 1.165) is 0 Å². The van der Waals surface area contributed by atoms with Crippen LogP contribution in [0.4, 0.5) is 5.82 Å². The zero-order valence-corrected chi connectivity index (χ0v) is 7.49. The van der Waals surface area contributed by atoms with E-state index in [0.29, 0.717) is 23.0 Å². The minimum absolute atomic E-state index is 0.377. The first-order chi connectivity index (χ1) is 7.36. The third-order valence-electron chi connectivity index (χ3n) is 1.99. The van der Waals surface area contributed by atoms with Crippen molar-refractivity contribution in [2.24, 2.45) is 0 Å². The van der Waals surface area contributed by atoms with Gasteiger partial charge in [-0.25, -0.2) is 4.98 Å². The Labute approximate surface area is 83.2 Å². The van der Waals surface area contributed by atoms with Crippen molar-refractivity contribution < 1.29 is 0 Å². The Morgan fingerprint density at radius 3 is 3.07 bits per heavy atom. The molecule has 0 amide bonds. The molecule has 3 heterocycles. The van der Waals surface area contributed by atoms with Gasteiger partial charge in [-0.1, -0.05) is 0 Å². The van der Waals surface area contributed by atoms with Gasteiger partial charge in [-0.2, -0.15) is 14.7 Å². The molecule has 74 valence electrons. The van der Waals surface area contributed by atoms with E-state index in [1.54, 1.807) is 12.3 Å². The van der Waals surface area contributed by atoms with Crippen LogP contribution in [-0.2, 0) is 0 Å². The van der Waals surface area contributed by atoms with Crippen LogP contribution < -0.4 is 5.73 Å². The summed E-state index contributed by atoms with van der Waals surface area (Å²) in [7, 11) is 0. The molecule has 8 heteroatoms. The van der Waals surface area contributed by atoms with Crippen molar-refractivity contribution in [3.05, 3.63) is 18.6 Å². The maximum Gasteiger partial charge on any atom is 0.179 e. The SMILES string of the molecule is Nc1c(-c2ncn[nH]2)nnc2ccnn12. The molecule has 0 aliphatic heterocycles. The highest BCUT2D eigenvalue weighted by Gasteiger charge is 2.12. The zero-order valence-electron chi connectivity index (χ0n) is 7.49. The number of aromatic nitrogens is 7. The number of aromatic amines is 1. The highest BCUT2D eigenvalue weighted by molar-refractivity contribution is 5.65. The molecule has 3 N–H and O–H groups in total. The Bertz CT molecular complexity index is 595. The van der Waals surface area contributed by atoms with E-state index in [-0.39, 0.29) is 0 Å². The maximum absolute atomic E-state index is 5.86. The van der Waals surface area contributed by atoms with E-state index >= 15 is 0 Å². The van der Waals surface area contributed by atoms with E-state index in [9.17, 15) is 0 Å². The van der Waals surface area contributed by atoms with E-state index in [1.807, 2.05) is 0 Å². The van der Waals surface area contributed by atoms with Gasteiger partial charge in [0.05, 0.1) is 6.20 Å². The van der Waals surface area contributed by atoms with Crippen molar-refractivity contribution in [1.82, 2.24) is 35.0 Å². The molecule has 0 fully saturated rings. The molecule has 0 unspecified atom stereocenters. The molecule has 0 saturated carbocycles. The van der Waals surface area contributed by atoms with Crippen LogP contribution in [0.3, 0.4) is 0 Å². The van der Waals surface area contributed by atoms with E-state index in [4.69, 9.17) is 5.73 Å². The lowest BCUT2D eigenvalue weighted by molar-refractivity contribution is 0.899. The topological polar surface area (TPSA) is 111 Å². The fourth-order valence-corrected chi connectivity index (χ4v) is 1.30. The van der Waals surface area contributed by atoms with Crippen LogP contribution in [0.5, 0.6) is 0 Å². The predicted octanol–water partition coefficient (Wildman–Crippen LogP) is -0.508. The largest absolute Gasteiger partial charge is 0.382 e. The summed E-state index contributed by atoms with van der Waals surface area (Å²) < 4.78 is 1.49. The smallest absolute Gasteiger partial charge is 0.179 e. The molecule has 15 heavy (non-hydrogen) atoms. The molecule has 0 atom stereocenters. The van der Waals surface area contributed by atoms with Crippen LogP contribution in [0.1, 0.15) is 0 Å². The van der Waals surface area contributed by atoms with Gasteiger partial charge in [-0.3, -0.25) is 5.10 Å². The van der Waals surface area contributed by atoms with Crippen LogP contribution in [0.25, 0.3) is 17.2 Å². The van der Waals surface area contributed by atoms with Crippen molar-refractivity contribution in [2.45, 2.75) is 0 Å². The molecule has 0 aliphatic carbocycles. The normalized spacial score (nSPS) is 10.9. The third kappa shape index (κ3) is 1.04. The molecule has 0 saturated heterocycles. The minimum atomic E-state index is 0.377. The molecular weight excluding hydrogens is 196 g/mol. The molecule has 0 spiro atoms. The van der Waals surface area contributed by atoms with Crippen molar-refractivity contribution in [3.8, 4) is 11.5 Å². The summed E-state index contributed by atoms with van der Waals surface area (Å²) in [6, 6.07) is 1.72. The fourth-order valence-electron chi connectivity index (χ4n) is 1.30. The van der Waals surface area contributed by atoms with Crippen molar-refractivity contribution >= 4 is 11.5 Å². The Morgan fingerprint density at radius 2 is 2.27 bits per heavy atom. The number of nitrogen functional groups attached to an aromatic ring is 1. The number of rotatable bonds is 1. The average molecular weight is 202 g/mol. The van der Waals surface area contributed by atoms with Gasteiger partial charge in [0.25, 0.3) is 0 Å². The van der Waals surface area contributed by atoms with Gasteiger partial charge in [-0.05, 0) is 0 Å². The van der Waals surface area contributed by atoms with Crippen LogP contribution in [0, 0.1) is 0 Å². The summed E-state index contributed by atoms with van der Waals surface area (Å²) in [6.45, 7) is 0. The van der Waals surface area contributed by atoms with Crippen LogP contribution in [0.2, 0.25) is 0 Å². The third-order valence-corrected chi connectivity index (χ3v) is 1.99. The molecule has 0 aliphatic rings. The van der Waals surface area contributed by atoms with Gasteiger partial charge in [0.15, 0.2) is 23.0 Å². The summed E-state index contributed by atoms with van der Waals surface area (Å²) in [5.74, 6) is 0.846. The molecule has 0 aromatic carbocycles. The number of nitrogens with zero attached hydrogens (tertiary/aromatic N) is 6. The molecule has 3 aromatic heterocycles. The lowest BCUT2D eigenvalue weighted by Crippen LogP contribution is -2.05. The Morgan fingerprint density at radius 1 is 1.33 bits per heavy atom. The highest BCUT2D eigenvalue weighted by atomic mass is 15.3. The maximum atomic E-state index is 5.86.